The molecular weight excluding hydrogens is 326 g/mol. The van der Waals surface area contributed by atoms with Gasteiger partial charge in [-0.2, -0.15) is 15.7 Å². The normalized spacial score (nSPS) is 27.3. The zero-order chi connectivity index (χ0) is 15.6. The number of nitrogens with zero attached hydrogens (tertiary/aromatic N) is 3. The van der Waals surface area contributed by atoms with Crippen molar-refractivity contribution in [2.45, 2.75) is 31.8 Å². The van der Waals surface area contributed by atoms with E-state index in [0.29, 0.717) is 17.7 Å². The van der Waals surface area contributed by atoms with Crippen LogP contribution in [0.15, 0.2) is 16.8 Å². The van der Waals surface area contributed by atoms with Crippen molar-refractivity contribution >= 4 is 23.1 Å². The summed E-state index contributed by atoms with van der Waals surface area (Å²) in [4.78, 5) is 2.54. The summed E-state index contributed by atoms with van der Waals surface area (Å²) in [6.45, 7) is 5.50. The molecule has 2 aromatic rings. The zero-order valence-corrected chi connectivity index (χ0v) is 14.7. The Morgan fingerprint density at radius 3 is 3.17 bits per heavy atom. The molecule has 2 aliphatic heterocycles. The number of aromatic nitrogens is 2. The molecule has 1 unspecified atom stereocenters. The van der Waals surface area contributed by atoms with E-state index in [2.05, 4.69) is 25.5 Å². The second-order valence-corrected chi connectivity index (χ2v) is 7.57. The van der Waals surface area contributed by atoms with Gasteiger partial charge in [-0.05, 0) is 43.7 Å². The van der Waals surface area contributed by atoms with Gasteiger partial charge in [-0.25, -0.2) is 0 Å². The van der Waals surface area contributed by atoms with Gasteiger partial charge in [0.15, 0.2) is 6.10 Å². The molecule has 6 heteroatoms. The Kier molecular flexibility index (Phi) is 4.34. The average molecular weight is 345 g/mol. The summed E-state index contributed by atoms with van der Waals surface area (Å²) in [5.41, 5.74) is 2.09. The number of hydrogen-bond acceptors (Lipinski definition) is 6. The molecule has 4 nitrogen and oxygen atoms in total. The molecule has 0 spiro atoms. The Hall–Kier alpha value is -1.42. The van der Waals surface area contributed by atoms with Crippen LogP contribution in [0.3, 0.4) is 0 Å². The fraction of sp³-hybridized carbons (Fsp3) is 0.529. The molecule has 2 aliphatic rings. The highest BCUT2D eigenvalue weighted by Crippen LogP contribution is 2.41. The van der Waals surface area contributed by atoms with Crippen LogP contribution in [0.1, 0.15) is 36.9 Å². The van der Waals surface area contributed by atoms with Crippen molar-refractivity contribution in [3.63, 3.8) is 0 Å². The molecule has 0 aromatic carbocycles. The van der Waals surface area contributed by atoms with Crippen molar-refractivity contribution in [1.82, 2.24) is 13.6 Å². The van der Waals surface area contributed by atoms with Crippen LogP contribution in [0.5, 0.6) is 5.88 Å². The van der Waals surface area contributed by atoms with E-state index in [0.717, 1.165) is 17.8 Å². The molecule has 4 atom stereocenters. The van der Waals surface area contributed by atoms with Gasteiger partial charge in [-0.1, -0.05) is 11.8 Å². The highest BCUT2D eigenvalue weighted by molar-refractivity contribution is 7.08. The molecule has 2 fully saturated rings. The van der Waals surface area contributed by atoms with Gasteiger partial charge in [0.2, 0.25) is 0 Å². The maximum atomic E-state index is 5.99. The molecule has 0 amide bonds. The molecule has 120 valence electrons. The first-order chi connectivity index (χ1) is 11.3. The third kappa shape index (κ3) is 3.27. The molecule has 2 aromatic heterocycles. The van der Waals surface area contributed by atoms with E-state index in [1.807, 2.05) is 23.8 Å². The van der Waals surface area contributed by atoms with Gasteiger partial charge in [-0.15, -0.1) is 4.37 Å². The SMILES string of the molecule is C[C@H](C#Cc1ccsc1)Oc1nsnc1[C@H]1CN2CCC[C@H]1C2. The van der Waals surface area contributed by atoms with Gasteiger partial charge < -0.3 is 9.64 Å². The van der Waals surface area contributed by atoms with Crippen LogP contribution < -0.4 is 4.74 Å². The fourth-order valence-electron chi connectivity index (χ4n) is 3.54. The summed E-state index contributed by atoms with van der Waals surface area (Å²) < 4.78 is 14.9. The molecule has 0 radical (unpaired) electrons. The van der Waals surface area contributed by atoms with Crippen molar-refractivity contribution in [3.8, 4) is 17.7 Å². The Balaban J connectivity index is 1.47. The van der Waals surface area contributed by atoms with Crippen LogP contribution in [0, 0.1) is 17.8 Å². The van der Waals surface area contributed by atoms with Gasteiger partial charge >= 0.3 is 0 Å². The number of ether oxygens (including phenoxy) is 1. The largest absolute Gasteiger partial charge is 0.459 e. The summed E-state index contributed by atoms with van der Waals surface area (Å²) in [6.07, 6.45) is 2.42. The van der Waals surface area contributed by atoms with Gasteiger partial charge in [0.05, 0.1) is 11.7 Å². The Morgan fingerprint density at radius 1 is 1.39 bits per heavy atom. The first kappa shape index (κ1) is 15.1. The van der Waals surface area contributed by atoms with E-state index in [4.69, 9.17) is 4.74 Å². The quantitative estimate of drug-likeness (QED) is 0.801. The van der Waals surface area contributed by atoms with Crippen LogP contribution in [-0.4, -0.2) is 39.4 Å². The highest BCUT2D eigenvalue weighted by Gasteiger charge is 2.39. The van der Waals surface area contributed by atoms with Gasteiger partial charge in [0.1, 0.15) is 5.69 Å². The van der Waals surface area contributed by atoms with Gasteiger partial charge in [-0.3, -0.25) is 0 Å². The lowest BCUT2D eigenvalue weighted by Crippen LogP contribution is -2.25. The summed E-state index contributed by atoms with van der Waals surface area (Å²) in [5, 5.41) is 4.08. The third-order valence-corrected chi connectivity index (χ3v) is 5.84. The fourth-order valence-corrected chi connectivity index (χ4v) is 4.68. The molecule has 0 saturated carbocycles. The van der Waals surface area contributed by atoms with E-state index >= 15 is 0 Å². The van der Waals surface area contributed by atoms with Crippen LogP contribution >= 0.6 is 23.1 Å². The molecule has 0 aliphatic carbocycles. The van der Waals surface area contributed by atoms with Crippen molar-refractivity contribution in [3.05, 3.63) is 28.1 Å². The topological polar surface area (TPSA) is 38.3 Å². The molecule has 4 rings (SSSR count). The summed E-state index contributed by atoms with van der Waals surface area (Å²) >= 11 is 2.91. The van der Waals surface area contributed by atoms with Crippen molar-refractivity contribution in [1.29, 1.82) is 0 Å². The number of hydrogen-bond donors (Lipinski definition) is 0. The van der Waals surface area contributed by atoms with Crippen molar-refractivity contribution < 1.29 is 4.74 Å². The number of rotatable bonds is 3. The highest BCUT2D eigenvalue weighted by atomic mass is 32.1. The summed E-state index contributed by atoms with van der Waals surface area (Å²) in [5.74, 6) is 8.17. The van der Waals surface area contributed by atoms with E-state index in [1.54, 1.807) is 11.3 Å². The standard InChI is InChI=1S/C17H19N3OS2/c1-12(4-5-13-6-8-22-11-13)21-17-16(18-23-19-17)15-10-20-7-2-3-14(15)9-20/h6,8,11-12,14-15H,2-3,7,9-10H2,1H3/t12-,14+,15+/m1/s1. The first-order valence-electron chi connectivity index (χ1n) is 8.05. The molecule has 0 N–H and O–H groups in total. The zero-order valence-electron chi connectivity index (χ0n) is 13.1. The summed E-state index contributed by atoms with van der Waals surface area (Å²) in [7, 11) is 0. The lowest BCUT2D eigenvalue weighted by Gasteiger charge is -2.21. The maximum absolute atomic E-state index is 5.99. The number of fused-ring (bicyclic) bond motifs is 2. The number of thiophene rings is 1. The van der Waals surface area contributed by atoms with Gasteiger partial charge in [0, 0.05) is 30.0 Å². The summed E-state index contributed by atoms with van der Waals surface area (Å²) in [6, 6.07) is 2.02. The lowest BCUT2D eigenvalue weighted by molar-refractivity contribution is 0.262. The molecule has 4 heterocycles. The van der Waals surface area contributed by atoms with Crippen LogP contribution in [0.25, 0.3) is 0 Å². The minimum Gasteiger partial charge on any atom is -0.459 e. The molecular formula is C17H19N3OS2. The van der Waals surface area contributed by atoms with E-state index in [1.165, 1.54) is 37.7 Å². The molecule has 23 heavy (non-hydrogen) atoms. The Labute approximate surface area is 144 Å². The Bertz CT molecular complexity index is 716. The minimum atomic E-state index is -0.182. The maximum Gasteiger partial charge on any atom is 0.250 e. The monoisotopic (exact) mass is 345 g/mol. The molecule has 2 saturated heterocycles. The van der Waals surface area contributed by atoms with Crippen molar-refractivity contribution in [2.75, 3.05) is 19.6 Å². The van der Waals surface area contributed by atoms with Gasteiger partial charge in [0.25, 0.3) is 5.88 Å². The van der Waals surface area contributed by atoms with E-state index < -0.39 is 0 Å². The predicted molar refractivity (Wildman–Crippen MR) is 93.1 cm³/mol. The Morgan fingerprint density at radius 2 is 2.35 bits per heavy atom. The predicted octanol–water partition coefficient (Wildman–Crippen LogP) is 3.23. The van der Waals surface area contributed by atoms with Crippen LogP contribution in [0.4, 0.5) is 0 Å². The smallest absolute Gasteiger partial charge is 0.250 e. The minimum absolute atomic E-state index is 0.182. The third-order valence-electron chi connectivity index (χ3n) is 4.63. The first-order valence-corrected chi connectivity index (χ1v) is 9.72. The van der Waals surface area contributed by atoms with Crippen LogP contribution in [-0.2, 0) is 0 Å². The van der Waals surface area contributed by atoms with Crippen molar-refractivity contribution in [2.24, 2.45) is 5.92 Å². The average Bonchev–Trinajstić information content (AvgIpc) is 3.27. The van der Waals surface area contributed by atoms with E-state index in [-0.39, 0.29) is 6.10 Å². The number of piperidine rings is 1. The lowest BCUT2D eigenvalue weighted by atomic mass is 9.89. The second-order valence-electron chi connectivity index (χ2n) is 6.26. The second kappa shape index (κ2) is 6.60. The van der Waals surface area contributed by atoms with Crippen LogP contribution in [0.2, 0.25) is 0 Å². The van der Waals surface area contributed by atoms with E-state index in [9.17, 15) is 0 Å². The molecule has 2 bridgehead atoms.